The van der Waals surface area contributed by atoms with Crippen molar-refractivity contribution in [2.45, 2.75) is 26.1 Å². The van der Waals surface area contributed by atoms with Crippen LogP contribution in [0.25, 0.3) is 11.1 Å². The van der Waals surface area contributed by atoms with E-state index in [2.05, 4.69) is 17.4 Å². The molecule has 23 heavy (non-hydrogen) atoms. The number of rotatable bonds is 2. The second-order valence-electron chi connectivity index (χ2n) is 5.38. The molecule has 0 aromatic heterocycles. The zero-order chi connectivity index (χ0) is 16.7. The highest BCUT2D eigenvalue weighted by atomic mass is 19.1. The summed E-state index contributed by atoms with van der Waals surface area (Å²) >= 11 is 0. The van der Waals surface area contributed by atoms with Crippen LogP contribution in [0.2, 0.25) is 0 Å². The molecule has 0 spiro atoms. The lowest BCUT2D eigenvalue weighted by Gasteiger charge is -2.15. The summed E-state index contributed by atoms with van der Waals surface area (Å²) in [5, 5.41) is 3.10. The van der Waals surface area contributed by atoms with E-state index in [1.807, 2.05) is 42.5 Å². The normalized spacial score (nSPS) is 15.9. The van der Waals surface area contributed by atoms with Gasteiger partial charge >= 0.3 is 0 Å². The maximum atomic E-state index is 13.3. The molecule has 0 amide bonds. The minimum Gasteiger partial charge on any atom is -0.380 e. The van der Waals surface area contributed by atoms with Crippen LogP contribution in [0.1, 0.15) is 25.5 Å². The Labute approximate surface area is 136 Å². The van der Waals surface area contributed by atoms with Gasteiger partial charge in [-0.25, -0.2) is 8.78 Å². The van der Waals surface area contributed by atoms with Crippen molar-refractivity contribution in [2.75, 3.05) is 0 Å². The Morgan fingerprint density at radius 3 is 2.48 bits per heavy atom. The van der Waals surface area contributed by atoms with Crippen LogP contribution in [0.4, 0.5) is 8.78 Å². The molecule has 0 bridgehead atoms. The number of hydrogen-bond donors (Lipinski definition) is 1. The number of halogens is 2. The Kier molecular flexibility index (Phi) is 5.94. The van der Waals surface area contributed by atoms with Crippen LogP contribution in [-0.2, 0) is 0 Å². The monoisotopic (exact) mass is 311 g/mol. The zero-order valence-corrected chi connectivity index (χ0v) is 13.2. The van der Waals surface area contributed by atoms with E-state index in [1.54, 1.807) is 6.20 Å². The number of hydrogen-bond acceptors (Lipinski definition) is 1. The average molecular weight is 311 g/mol. The van der Waals surface area contributed by atoms with Gasteiger partial charge in [-0.05, 0) is 49.3 Å². The van der Waals surface area contributed by atoms with E-state index in [1.165, 1.54) is 26.0 Å². The molecule has 3 heteroatoms. The van der Waals surface area contributed by atoms with E-state index in [0.29, 0.717) is 0 Å². The second kappa shape index (κ2) is 8.14. The van der Waals surface area contributed by atoms with Crippen LogP contribution in [0.3, 0.4) is 0 Å². The highest BCUT2D eigenvalue weighted by Gasteiger charge is 2.11. The third kappa shape index (κ3) is 5.27. The first-order chi connectivity index (χ1) is 11.1. The summed E-state index contributed by atoms with van der Waals surface area (Å²) in [7, 11) is 0. The van der Waals surface area contributed by atoms with Gasteiger partial charge in [0.15, 0.2) is 0 Å². The summed E-state index contributed by atoms with van der Waals surface area (Å²) in [5.74, 6) is -0.234. The van der Waals surface area contributed by atoms with Crippen molar-refractivity contribution in [2.24, 2.45) is 0 Å². The molecule has 1 atom stereocenters. The Hall–Kier alpha value is -2.60. The van der Waals surface area contributed by atoms with Gasteiger partial charge in [0, 0.05) is 11.8 Å². The Balaban J connectivity index is 0.000000433. The van der Waals surface area contributed by atoms with Crippen molar-refractivity contribution < 1.29 is 8.78 Å². The molecule has 1 unspecified atom stereocenters. The van der Waals surface area contributed by atoms with Gasteiger partial charge in [0.1, 0.15) is 5.83 Å². The number of benzene rings is 1. The van der Waals surface area contributed by atoms with Gasteiger partial charge in [-0.15, -0.1) is 0 Å². The first-order valence-corrected chi connectivity index (χ1v) is 7.49. The first kappa shape index (κ1) is 16.8. The molecule has 0 radical (unpaired) electrons. The SMILES string of the molecule is CC(C)F.FC1=CC(c2c#ccc(-c3ccccc3)c2)NC=C1. The van der Waals surface area contributed by atoms with Crippen LogP contribution < -0.4 is 5.32 Å². The summed E-state index contributed by atoms with van der Waals surface area (Å²) in [5.41, 5.74) is 3.05. The quantitative estimate of drug-likeness (QED) is 0.790. The lowest BCUT2D eigenvalue weighted by Crippen LogP contribution is -2.15. The van der Waals surface area contributed by atoms with Crippen molar-refractivity contribution >= 4 is 0 Å². The van der Waals surface area contributed by atoms with Gasteiger partial charge in [0.2, 0.25) is 0 Å². The maximum absolute atomic E-state index is 13.3. The molecule has 3 rings (SSSR count). The molecule has 1 aliphatic rings. The van der Waals surface area contributed by atoms with Crippen LogP contribution in [0.5, 0.6) is 0 Å². The fraction of sp³-hybridized carbons (Fsp3) is 0.200. The van der Waals surface area contributed by atoms with Gasteiger partial charge in [0.05, 0.1) is 12.2 Å². The molecular weight excluding hydrogens is 292 g/mol. The lowest BCUT2D eigenvalue weighted by molar-refractivity contribution is 0.391. The fourth-order valence-corrected chi connectivity index (χ4v) is 2.08. The van der Waals surface area contributed by atoms with E-state index in [0.717, 1.165) is 16.7 Å². The summed E-state index contributed by atoms with van der Waals surface area (Å²) < 4.78 is 24.3. The molecule has 118 valence electrons. The van der Waals surface area contributed by atoms with Gasteiger partial charge in [-0.2, -0.15) is 0 Å². The standard InChI is InChI=1S/C17H12FN.C3H7F/c18-16-9-10-19-17(12-16)15-8-4-7-14(11-15)13-5-2-1-3-6-13;1-3(2)4/h1-3,5-7,9-12,17,19H;3H,1-2H3. The van der Waals surface area contributed by atoms with Crippen molar-refractivity contribution in [1.82, 2.24) is 5.32 Å². The molecule has 1 aliphatic heterocycles. The minimum absolute atomic E-state index is 0.190. The predicted molar refractivity (Wildman–Crippen MR) is 90.0 cm³/mol. The van der Waals surface area contributed by atoms with Crippen molar-refractivity contribution in [3.05, 3.63) is 84.3 Å². The molecule has 2 aromatic carbocycles. The molecule has 0 aliphatic carbocycles. The zero-order valence-electron chi connectivity index (χ0n) is 13.2. The molecule has 0 fully saturated rings. The first-order valence-electron chi connectivity index (χ1n) is 7.49. The largest absolute Gasteiger partial charge is 0.380 e. The summed E-state index contributed by atoms with van der Waals surface area (Å²) in [6, 6.07) is 19.8. The number of nitrogens with one attached hydrogen (secondary N) is 1. The average Bonchev–Trinajstić information content (AvgIpc) is 2.55. The van der Waals surface area contributed by atoms with E-state index >= 15 is 0 Å². The molecular formula is C20H19F2N. The third-order valence-electron chi connectivity index (χ3n) is 3.04. The fourth-order valence-electron chi connectivity index (χ4n) is 2.08. The summed E-state index contributed by atoms with van der Waals surface area (Å²) in [4.78, 5) is 0. The van der Waals surface area contributed by atoms with E-state index in [9.17, 15) is 8.78 Å². The second-order valence-corrected chi connectivity index (χ2v) is 5.38. The molecule has 1 heterocycles. The van der Waals surface area contributed by atoms with E-state index in [-0.39, 0.29) is 11.9 Å². The molecule has 0 saturated carbocycles. The Morgan fingerprint density at radius 1 is 1.13 bits per heavy atom. The van der Waals surface area contributed by atoms with Gasteiger partial charge in [-0.1, -0.05) is 42.5 Å². The smallest absolute Gasteiger partial charge is 0.123 e. The third-order valence-corrected chi connectivity index (χ3v) is 3.04. The Bertz CT molecular complexity index is 672. The summed E-state index contributed by atoms with van der Waals surface area (Å²) in [6.07, 6.45) is 3.89. The van der Waals surface area contributed by atoms with Crippen molar-refractivity contribution in [3.8, 4) is 11.1 Å². The van der Waals surface area contributed by atoms with Crippen LogP contribution in [-0.4, -0.2) is 6.17 Å². The highest BCUT2D eigenvalue weighted by Crippen LogP contribution is 2.24. The molecule has 0 saturated heterocycles. The van der Waals surface area contributed by atoms with Crippen LogP contribution >= 0.6 is 0 Å². The molecule has 1 N–H and O–H groups in total. The topological polar surface area (TPSA) is 12.0 Å². The number of allylic oxidation sites excluding steroid dienone is 2. The highest BCUT2D eigenvalue weighted by molar-refractivity contribution is 5.63. The predicted octanol–water partition coefficient (Wildman–Crippen LogP) is 5.33. The van der Waals surface area contributed by atoms with Gasteiger partial charge in [0.25, 0.3) is 0 Å². The minimum atomic E-state index is -0.667. The van der Waals surface area contributed by atoms with Crippen molar-refractivity contribution in [3.63, 3.8) is 0 Å². The van der Waals surface area contributed by atoms with Crippen LogP contribution in [0, 0.1) is 12.1 Å². The van der Waals surface area contributed by atoms with Gasteiger partial charge in [-0.3, -0.25) is 0 Å². The molecule has 1 nitrogen and oxygen atoms in total. The van der Waals surface area contributed by atoms with Crippen LogP contribution in [0.15, 0.2) is 66.6 Å². The maximum Gasteiger partial charge on any atom is 0.123 e. The van der Waals surface area contributed by atoms with E-state index in [4.69, 9.17) is 0 Å². The number of dihydropyridines is 1. The van der Waals surface area contributed by atoms with Gasteiger partial charge < -0.3 is 5.32 Å². The molecule has 2 aromatic rings. The van der Waals surface area contributed by atoms with Crippen molar-refractivity contribution in [1.29, 1.82) is 0 Å². The lowest BCUT2D eigenvalue weighted by atomic mass is 10.0. The Morgan fingerprint density at radius 2 is 1.83 bits per heavy atom. The van der Waals surface area contributed by atoms with E-state index < -0.39 is 6.17 Å². The summed E-state index contributed by atoms with van der Waals surface area (Å²) in [6.45, 7) is 3.00. The number of alkyl halides is 1.